The number of carbonyl (C=O) groups is 1. The Morgan fingerprint density at radius 3 is 2.67 bits per heavy atom. The van der Waals surface area contributed by atoms with Gasteiger partial charge in [0.2, 0.25) is 15.9 Å². The molecular formula is C15H30N4O4S. The Balaban J connectivity index is 1.62. The molecule has 0 spiro atoms. The first kappa shape index (κ1) is 19.6. The van der Waals surface area contributed by atoms with Crippen LogP contribution in [0.25, 0.3) is 0 Å². The third kappa shape index (κ3) is 6.29. The van der Waals surface area contributed by atoms with Crippen molar-refractivity contribution in [2.75, 3.05) is 32.8 Å². The van der Waals surface area contributed by atoms with Crippen molar-refractivity contribution in [1.82, 2.24) is 20.7 Å². The maximum Gasteiger partial charge on any atom is 0.240 e. The molecule has 140 valence electrons. The van der Waals surface area contributed by atoms with Gasteiger partial charge in [0.05, 0.1) is 12.6 Å². The summed E-state index contributed by atoms with van der Waals surface area (Å²) < 4.78 is 31.8. The van der Waals surface area contributed by atoms with Gasteiger partial charge in [-0.3, -0.25) is 4.79 Å². The predicted octanol–water partition coefficient (Wildman–Crippen LogP) is -0.721. The van der Waals surface area contributed by atoms with Gasteiger partial charge in [-0.1, -0.05) is 19.3 Å². The molecule has 2 rings (SSSR count). The lowest BCUT2D eigenvalue weighted by Crippen LogP contribution is -2.50. The smallest absolute Gasteiger partial charge is 0.240 e. The topological polar surface area (TPSA) is 109 Å². The van der Waals surface area contributed by atoms with E-state index in [0.29, 0.717) is 19.2 Å². The van der Waals surface area contributed by atoms with Crippen LogP contribution in [0.4, 0.5) is 0 Å². The zero-order chi connectivity index (χ0) is 17.4. The number of ether oxygens (including phenoxy) is 1. The molecule has 1 heterocycles. The molecule has 1 aliphatic heterocycles. The van der Waals surface area contributed by atoms with Gasteiger partial charge in [0, 0.05) is 32.2 Å². The lowest BCUT2D eigenvalue weighted by Gasteiger charge is -2.26. The summed E-state index contributed by atoms with van der Waals surface area (Å²) in [5.74, 6) is -0.102. The van der Waals surface area contributed by atoms with Crippen LogP contribution < -0.4 is 20.7 Å². The fourth-order valence-corrected chi connectivity index (χ4v) is 4.25. The first-order chi connectivity index (χ1) is 11.5. The molecular weight excluding hydrogens is 332 g/mol. The molecule has 1 unspecified atom stereocenters. The van der Waals surface area contributed by atoms with Crippen LogP contribution >= 0.6 is 0 Å². The minimum absolute atomic E-state index is 0.102. The van der Waals surface area contributed by atoms with E-state index >= 15 is 0 Å². The molecule has 1 saturated carbocycles. The monoisotopic (exact) mass is 362 g/mol. The van der Waals surface area contributed by atoms with E-state index in [0.717, 1.165) is 12.8 Å². The molecule has 0 radical (unpaired) electrons. The number of morpholine rings is 1. The van der Waals surface area contributed by atoms with Gasteiger partial charge in [0.15, 0.2) is 5.44 Å². The Labute approximate surface area is 144 Å². The molecule has 2 fully saturated rings. The van der Waals surface area contributed by atoms with Crippen molar-refractivity contribution in [2.24, 2.45) is 0 Å². The summed E-state index contributed by atoms with van der Waals surface area (Å²) in [5, 5.41) is 9.09. The van der Waals surface area contributed by atoms with Crippen LogP contribution in [0.1, 0.15) is 39.0 Å². The van der Waals surface area contributed by atoms with E-state index in [-0.39, 0.29) is 31.6 Å². The van der Waals surface area contributed by atoms with Crippen molar-refractivity contribution in [1.29, 1.82) is 0 Å². The third-order valence-corrected chi connectivity index (χ3v) is 6.05. The largest absolute Gasteiger partial charge is 0.358 e. The Morgan fingerprint density at radius 2 is 2.00 bits per heavy atom. The molecule has 9 heteroatoms. The fourth-order valence-electron chi connectivity index (χ4n) is 3.06. The Hall–Kier alpha value is -0.740. The Morgan fingerprint density at radius 1 is 1.25 bits per heavy atom. The number of rotatable bonds is 8. The number of sulfonamides is 1. The average molecular weight is 362 g/mol. The minimum atomic E-state index is -3.53. The van der Waals surface area contributed by atoms with Crippen molar-refractivity contribution < 1.29 is 17.9 Å². The van der Waals surface area contributed by atoms with Crippen LogP contribution in [0.5, 0.6) is 0 Å². The van der Waals surface area contributed by atoms with Crippen LogP contribution in [0.2, 0.25) is 0 Å². The van der Waals surface area contributed by atoms with E-state index in [1.54, 1.807) is 0 Å². The van der Waals surface area contributed by atoms with Crippen LogP contribution in [0.3, 0.4) is 0 Å². The van der Waals surface area contributed by atoms with Crippen LogP contribution in [-0.2, 0) is 19.6 Å². The summed E-state index contributed by atoms with van der Waals surface area (Å²) in [4.78, 5) is 12.1. The summed E-state index contributed by atoms with van der Waals surface area (Å²) in [6.45, 7) is 3.58. The highest BCUT2D eigenvalue weighted by atomic mass is 32.2. The maximum absolute atomic E-state index is 12.1. The molecule has 0 aromatic rings. The van der Waals surface area contributed by atoms with Gasteiger partial charge in [-0.2, -0.15) is 0 Å². The molecule has 8 nitrogen and oxygen atoms in total. The first-order valence-electron chi connectivity index (χ1n) is 8.83. The number of carbonyl (C=O) groups excluding carboxylic acids is 1. The van der Waals surface area contributed by atoms with E-state index in [1.165, 1.54) is 19.3 Å². The fraction of sp³-hybridized carbons (Fsp3) is 0.933. The van der Waals surface area contributed by atoms with E-state index in [2.05, 4.69) is 20.7 Å². The molecule has 0 aromatic heterocycles. The molecule has 2 atom stereocenters. The minimum Gasteiger partial charge on any atom is -0.358 e. The molecule has 1 amide bonds. The van der Waals surface area contributed by atoms with E-state index in [9.17, 15) is 13.2 Å². The number of hydrogen-bond donors (Lipinski definition) is 4. The second kappa shape index (κ2) is 9.67. The molecule has 4 N–H and O–H groups in total. The van der Waals surface area contributed by atoms with Gasteiger partial charge in [0.25, 0.3) is 0 Å². The first-order valence-corrected chi connectivity index (χ1v) is 10.4. The van der Waals surface area contributed by atoms with Crippen molar-refractivity contribution in [3.63, 3.8) is 0 Å². The lowest BCUT2D eigenvalue weighted by molar-refractivity contribution is -0.122. The van der Waals surface area contributed by atoms with E-state index < -0.39 is 15.5 Å². The van der Waals surface area contributed by atoms with Crippen LogP contribution in [0, 0.1) is 0 Å². The second-order valence-corrected chi connectivity index (χ2v) is 8.36. The number of nitrogens with one attached hydrogen (secondary N) is 4. The summed E-state index contributed by atoms with van der Waals surface area (Å²) >= 11 is 0. The SMILES string of the molecule is C[C@H](NC1CCCCC1)C(=O)NCCNS(=O)(=O)C1CNCCO1. The highest BCUT2D eigenvalue weighted by Crippen LogP contribution is 2.17. The van der Waals surface area contributed by atoms with Crippen molar-refractivity contribution in [3.8, 4) is 0 Å². The highest BCUT2D eigenvalue weighted by Gasteiger charge is 2.27. The maximum atomic E-state index is 12.1. The third-order valence-electron chi connectivity index (χ3n) is 4.45. The van der Waals surface area contributed by atoms with Crippen LogP contribution in [-0.4, -0.2) is 64.6 Å². The van der Waals surface area contributed by atoms with Gasteiger partial charge in [-0.25, -0.2) is 13.1 Å². The molecule has 1 aliphatic carbocycles. The normalized spacial score (nSPS) is 24.5. The van der Waals surface area contributed by atoms with Crippen molar-refractivity contribution >= 4 is 15.9 Å². The summed E-state index contributed by atoms with van der Waals surface area (Å²) in [5.41, 5.74) is -0.867. The van der Waals surface area contributed by atoms with Gasteiger partial charge in [-0.15, -0.1) is 0 Å². The molecule has 2 aliphatic rings. The summed E-state index contributed by atoms with van der Waals surface area (Å²) in [6.07, 6.45) is 5.94. The van der Waals surface area contributed by atoms with Gasteiger partial charge >= 0.3 is 0 Å². The highest BCUT2D eigenvalue weighted by molar-refractivity contribution is 7.90. The van der Waals surface area contributed by atoms with Crippen LogP contribution in [0.15, 0.2) is 0 Å². The summed E-state index contributed by atoms with van der Waals surface area (Å²) in [7, 11) is -3.53. The Bertz CT molecular complexity index is 488. The zero-order valence-electron chi connectivity index (χ0n) is 14.3. The van der Waals surface area contributed by atoms with Crippen molar-refractivity contribution in [2.45, 2.75) is 56.5 Å². The average Bonchev–Trinajstić information content (AvgIpc) is 2.60. The van der Waals surface area contributed by atoms with Crippen molar-refractivity contribution in [3.05, 3.63) is 0 Å². The second-order valence-electron chi connectivity index (χ2n) is 6.46. The predicted molar refractivity (Wildman–Crippen MR) is 92.0 cm³/mol. The Kier molecular flexibility index (Phi) is 7.89. The molecule has 0 aromatic carbocycles. The standard InChI is InChI=1S/C15H30N4O4S/c1-12(19-13-5-3-2-4-6-13)15(20)17-7-8-18-24(21,22)14-11-16-9-10-23-14/h12-14,16,18-19H,2-11H2,1H3,(H,17,20)/t12-,14?/m0/s1. The lowest BCUT2D eigenvalue weighted by atomic mass is 9.95. The zero-order valence-corrected chi connectivity index (χ0v) is 15.2. The number of hydrogen-bond acceptors (Lipinski definition) is 6. The molecule has 0 bridgehead atoms. The molecule has 24 heavy (non-hydrogen) atoms. The van der Waals surface area contributed by atoms with Gasteiger partial charge in [-0.05, 0) is 19.8 Å². The number of amides is 1. The van der Waals surface area contributed by atoms with Gasteiger partial charge < -0.3 is 20.7 Å². The molecule has 1 saturated heterocycles. The summed E-state index contributed by atoms with van der Waals surface area (Å²) in [6, 6.07) is 0.143. The quantitative estimate of drug-likeness (QED) is 0.424. The van der Waals surface area contributed by atoms with E-state index in [4.69, 9.17) is 4.74 Å². The van der Waals surface area contributed by atoms with E-state index in [1.807, 2.05) is 6.92 Å². The van der Waals surface area contributed by atoms with Gasteiger partial charge in [0.1, 0.15) is 0 Å².